The molecule has 106 valence electrons. The van der Waals surface area contributed by atoms with Crippen LogP contribution in [0.25, 0.3) is 0 Å². The first-order valence-electron chi connectivity index (χ1n) is 7.19. The molecule has 0 heterocycles. The monoisotopic (exact) mass is 269 g/mol. The number of hydrogen-bond donors (Lipinski definition) is 1. The molecule has 0 fully saturated rings. The summed E-state index contributed by atoms with van der Waals surface area (Å²) in [5, 5.41) is 3.42. The molecule has 2 aromatic carbocycles. The van der Waals surface area contributed by atoms with E-state index in [1.165, 1.54) is 16.7 Å². The fraction of sp³-hybridized carbons (Fsp3) is 0.333. The molecule has 2 heteroatoms. The van der Waals surface area contributed by atoms with E-state index in [4.69, 9.17) is 4.74 Å². The normalized spacial score (nSPS) is 12.2. The Morgan fingerprint density at radius 1 is 1.10 bits per heavy atom. The SMILES string of the molecule is CCNC(C)c1cccc(Oc2cccc(C)c2C)c1. The molecule has 0 aromatic heterocycles. The Bertz CT molecular complexity index is 577. The molecule has 20 heavy (non-hydrogen) atoms. The van der Waals surface area contributed by atoms with Crippen LogP contribution in [0.2, 0.25) is 0 Å². The summed E-state index contributed by atoms with van der Waals surface area (Å²) in [6.45, 7) is 9.44. The Hall–Kier alpha value is -1.80. The number of nitrogens with one attached hydrogen (secondary N) is 1. The van der Waals surface area contributed by atoms with Crippen LogP contribution >= 0.6 is 0 Å². The van der Waals surface area contributed by atoms with Crippen molar-refractivity contribution in [2.75, 3.05) is 6.54 Å². The zero-order valence-electron chi connectivity index (χ0n) is 12.7. The quantitative estimate of drug-likeness (QED) is 0.844. The van der Waals surface area contributed by atoms with Crippen LogP contribution in [-0.2, 0) is 0 Å². The Morgan fingerprint density at radius 3 is 2.60 bits per heavy atom. The second-order valence-electron chi connectivity index (χ2n) is 5.15. The van der Waals surface area contributed by atoms with Gasteiger partial charge in [0.2, 0.25) is 0 Å². The van der Waals surface area contributed by atoms with Crippen LogP contribution in [0.1, 0.15) is 36.6 Å². The van der Waals surface area contributed by atoms with E-state index in [9.17, 15) is 0 Å². The molecule has 0 saturated carbocycles. The number of aryl methyl sites for hydroxylation is 1. The van der Waals surface area contributed by atoms with Gasteiger partial charge in [-0.05, 0) is 62.2 Å². The number of benzene rings is 2. The molecule has 2 nitrogen and oxygen atoms in total. The highest BCUT2D eigenvalue weighted by Gasteiger charge is 2.07. The fourth-order valence-corrected chi connectivity index (χ4v) is 2.23. The van der Waals surface area contributed by atoms with E-state index in [0.29, 0.717) is 6.04 Å². The van der Waals surface area contributed by atoms with Gasteiger partial charge in [-0.25, -0.2) is 0 Å². The van der Waals surface area contributed by atoms with E-state index in [2.05, 4.69) is 51.2 Å². The highest BCUT2D eigenvalue weighted by atomic mass is 16.5. The zero-order chi connectivity index (χ0) is 14.5. The van der Waals surface area contributed by atoms with Gasteiger partial charge in [0.15, 0.2) is 0 Å². The second-order valence-corrected chi connectivity index (χ2v) is 5.15. The van der Waals surface area contributed by atoms with E-state index >= 15 is 0 Å². The molecule has 1 atom stereocenters. The fourth-order valence-electron chi connectivity index (χ4n) is 2.23. The van der Waals surface area contributed by atoms with Crippen molar-refractivity contribution in [3.05, 3.63) is 59.2 Å². The molecule has 1 unspecified atom stereocenters. The Labute approximate surface area is 121 Å². The Morgan fingerprint density at radius 2 is 1.85 bits per heavy atom. The lowest BCUT2D eigenvalue weighted by molar-refractivity contribution is 0.476. The summed E-state index contributed by atoms with van der Waals surface area (Å²) in [4.78, 5) is 0. The van der Waals surface area contributed by atoms with Crippen molar-refractivity contribution < 1.29 is 4.74 Å². The van der Waals surface area contributed by atoms with Gasteiger partial charge < -0.3 is 10.1 Å². The van der Waals surface area contributed by atoms with Gasteiger partial charge in [0, 0.05) is 6.04 Å². The van der Waals surface area contributed by atoms with Crippen LogP contribution in [-0.4, -0.2) is 6.54 Å². The molecular weight excluding hydrogens is 246 g/mol. The summed E-state index contributed by atoms with van der Waals surface area (Å²) < 4.78 is 6.03. The van der Waals surface area contributed by atoms with E-state index in [0.717, 1.165) is 18.0 Å². The first-order chi connectivity index (χ1) is 9.61. The zero-order valence-corrected chi connectivity index (χ0v) is 12.7. The summed E-state index contributed by atoms with van der Waals surface area (Å²) in [6.07, 6.45) is 0. The molecular formula is C18H23NO. The van der Waals surface area contributed by atoms with Gasteiger partial charge >= 0.3 is 0 Å². The van der Waals surface area contributed by atoms with Crippen molar-refractivity contribution >= 4 is 0 Å². The van der Waals surface area contributed by atoms with E-state index in [1.54, 1.807) is 0 Å². The van der Waals surface area contributed by atoms with Crippen LogP contribution in [0.15, 0.2) is 42.5 Å². The van der Waals surface area contributed by atoms with Crippen LogP contribution in [0.4, 0.5) is 0 Å². The Kier molecular flexibility index (Phi) is 4.80. The maximum atomic E-state index is 6.03. The topological polar surface area (TPSA) is 21.3 Å². The van der Waals surface area contributed by atoms with E-state index < -0.39 is 0 Å². The van der Waals surface area contributed by atoms with Gasteiger partial charge in [-0.2, -0.15) is 0 Å². The minimum absolute atomic E-state index is 0.335. The highest BCUT2D eigenvalue weighted by molar-refractivity contribution is 5.42. The third-order valence-electron chi connectivity index (χ3n) is 3.65. The lowest BCUT2D eigenvalue weighted by Gasteiger charge is -2.15. The van der Waals surface area contributed by atoms with Crippen molar-refractivity contribution in [2.24, 2.45) is 0 Å². The standard InChI is InChI=1S/C18H23NO/c1-5-19-15(4)16-9-7-10-17(12-16)20-18-11-6-8-13(2)14(18)3/h6-12,15,19H,5H2,1-4H3. The molecule has 0 saturated heterocycles. The van der Waals surface area contributed by atoms with Crippen molar-refractivity contribution in [2.45, 2.75) is 33.7 Å². The van der Waals surface area contributed by atoms with Crippen LogP contribution in [0, 0.1) is 13.8 Å². The molecule has 0 amide bonds. The number of rotatable bonds is 5. The molecule has 1 N–H and O–H groups in total. The Balaban J connectivity index is 2.21. The average Bonchev–Trinajstić information content (AvgIpc) is 2.44. The van der Waals surface area contributed by atoms with Crippen molar-refractivity contribution in [1.82, 2.24) is 5.32 Å². The second kappa shape index (κ2) is 6.58. The lowest BCUT2D eigenvalue weighted by Crippen LogP contribution is -2.17. The molecule has 0 bridgehead atoms. The largest absolute Gasteiger partial charge is 0.457 e. The minimum Gasteiger partial charge on any atom is -0.457 e. The average molecular weight is 269 g/mol. The molecule has 0 aliphatic rings. The molecule has 2 rings (SSSR count). The van der Waals surface area contributed by atoms with E-state index in [-0.39, 0.29) is 0 Å². The first-order valence-corrected chi connectivity index (χ1v) is 7.19. The third kappa shape index (κ3) is 3.40. The van der Waals surface area contributed by atoms with Gasteiger partial charge in [0.25, 0.3) is 0 Å². The van der Waals surface area contributed by atoms with E-state index in [1.807, 2.05) is 24.3 Å². The van der Waals surface area contributed by atoms with Crippen LogP contribution < -0.4 is 10.1 Å². The lowest BCUT2D eigenvalue weighted by atomic mass is 10.1. The van der Waals surface area contributed by atoms with Gasteiger partial charge in [-0.3, -0.25) is 0 Å². The summed E-state index contributed by atoms with van der Waals surface area (Å²) in [6, 6.07) is 14.8. The predicted octanol–water partition coefficient (Wildman–Crippen LogP) is 4.77. The van der Waals surface area contributed by atoms with Crippen molar-refractivity contribution in [1.29, 1.82) is 0 Å². The third-order valence-corrected chi connectivity index (χ3v) is 3.65. The first kappa shape index (κ1) is 14.6. The predicted molar refractivity (Wildman–Crippen MR) is 84.5 cm³/mol. The minimum atomic E-state index is 0.335. The van der Waals surface area contributed by atoms with Gasteiger partial charge in [-0.15, -0.1) is 0 Å². The molecule has 2 aromatic rings. The van der Waals surface area contributed by atoms with Crippen molar-refractivity contribution in [3.63, 3.8) is 0 Å². The van der Waals surface area contributed by atoms with Gasteiger partial charge in [0.1, 0.15) is 11.5 Å². The van der Waals surface area contributed by atoms with Crippen molar-refractivity contribution in [3.8, 4) is 11.5 Å². The summed E-state index contributed by atoms with van der Waals surface area (Å²) >= 11 is 0. The summed E-state index contributed by atoms with van der Waals surface area (Å²) in [5.74, 6) is 1.82. The molecule has 0 spiro atoms. The van der Waals surface area contributed by atoms with Crippen LogP contribution in [0.3, 0.4) is 0 Å². The summed E-state index contributed by atoms with van der Waals surface area (Å²) in [7, 11) is 0. The highest BCUT2D eigenvalue weighted by Crippen LogP contribution is 2.28. The van der Waals surface area contributed by atoms with Gasteiger partial charge in [0.05, 0.1) is 0 Å². The van der Waals surface area contributed by atoms with Crippen LogP contribution in [0.5, 0.6) is 11.5 Å². The summed E-state index contributed by atoms with van der Waals surface area (Å²) in [5.41, 5.74) is 3.69. The maximum absolute atomic E-state index is 6.03. The molecule has 0 aliphatic carbocycles. The molecule has 0 aliphatic heterocycles. The smallest absolute Gasteiger partial charge is 0.130 e. The maximum Gasteiger partial charge on any atom is 0.130 e. The van der Waals surface area contributed by atoms with Gasteiger partial charge in [-0.1, -0.05) is 31.2 Å². The number of hydrogen-bond acceptors (Lipinski definition) is 2. The molecule has 0 radical (unpaired) electrons. The number of ether oxygens (including phenoxy) is 1.